The second kappa shape index (κ2) is 6.98. The average molecular weight is 334 g/mol. The third kappa shape index (κ3) is 3.39. The molecule has 8 heteroatoms. The van der Waals surface area contributed by atoms with Crippen LogP contribution in [0.4, 0.5) is 4.39 Å². The number of hydrogen-bond acceptors (Lipinski definition) is 5. The number of aromatic nitrogens is 2. The molecule has 0 saturated carbocycles. The Labute approximate surface area is 138 Å². The quantitative estimate of drug-likeness (QED) is 0.742. The van der Waals surface area contributed by atoms with Gasteiger partial charge in [0.2, 0.25) is 0 Å². The molecular formula is C16H19FN4O3. The molecule has 1 aromatic heterocycles. The van der Waals surface area contributed by atoms with Gasteiger partial charge in [0.1, 0.15) is 17.3 Å². The van der Waals surface area contributed by atoms with Crippen LogP contribution in [0.2, 0.25) is 0 Å². The van der Waals surface area contributed by atoms with Crippen molar-refractivity contribution in [1.82, 2.24) is 20.4 Å². The lowest BCUT2D eigenvalue weighted by Crippen LogP contribution is -2.43. The van der Waals surface area contributed by atoms with Crippen molar-refractivity contribution in [3.63, 3.8) is 0 Å². The van der Waals surface area contributed by atoms with E-state index in [1.165, 1.54) is 19.4 Å². The number of rotatable bonds is 5. The Kier molecular flexibility index (Phi) is 4.77. The van der Waals surface area contributed by atoms with E-state index in [-0.39, 0.29) is 11.7 Å². The van der Waals surface area contributed by atoms with Gasteiger partial charge in [-0.15, -0.1) is 0 Å². The molecule has 1 aliphatic rings. The van der Waals surface area contributed by atoms with E-state index in [1.54, 1.807) is 18.2 Å². The summed E-state index contributed by atoms with van der Waals surface area (Å²) < 4.78 is 19.2. The second-order valence-electron chi connectivity index (χ2n) is 5.73. The summed E-state index contributed by atoms with van der Waals surface area (Å²) in [5.74, 6) is -0.218. The van der Waals surface area contributed by atoms with Crippen molar-refractivity contribution in [2.24, 2.45) is 0 Å². The summed E-state index contributed by atoms with van der Waals surface area (Å²) in [4.78, 5) is 13.9. The molecular weight excluding hydrogens is 315 g/mol. The number of ether oxygens (including phenoxy) is 1. The van der Waals surface area contributed by atoms with Crippen molar-refractivity contribution in [2.45, 2.75) is 18.7 Å². The smallest absolute Gasteiger partial charge is 0.269 e. The fourth-order valence-electron chi connectivity index (χ4n) is 2.87. The Morgan fingerprint density at radius 2 is 2.33 bits per heavy atom. The van der Waals surface area contributed by atoms with E-state index in [9.17, 15) is 14.3 Å². The Bertz CT molecular complexity index is 707. The minimum absolute atomic E-state index is 0.295. The minimum Gasteiger partial charge on any atom is -0.496 e. The number of benzene rings is 1. The van der Waals surface area contributed by atoms with E-state index in [0.29, 0.717) is 36.6 Å². The first-order valence-electron chi connectivity index (χ1n) is 7.60. The van der Waals surface area contributed by atoms with E-state index >= 15 is 0 Å². The first kappa shape index (κ1) is 16.4. The lowest BCUT2D eigenvalue weighted by Gasteiger charge is -2.18. The molecule has 1 aliphatic heterocycles. The predicted molar refractivity (Wildman–Crippen MR) is 84.1 cm³/mol. The second-order valence-corrected chi connectivity index (χ2v) is 5.73. The van der Waals surface area contributed by atoms with Gasteiger partial charge in [-0.3, -0.25) is 14.8 Å². The minimum atomic E-state index is -0.727. The van der Waals surface area contributed by atoms with E-state index < -0.39 is 12.1 Å². The maximum absolute atomic E-state index is 14.0. The molecule has 0 aliphatic carbocycles. The Morgan fingerprint density at radius 1 is 1.50 bits per heavy atom. The number of methoxy groups -OCH3 is 1. The molecule has 7 nitrogen and oxygen atoms in total. The molecule has 0 spiro atoms. The highest BCUT2D eigenvalue weighted by atomic mass is 19.1. The lowest BCUT2D eigenvalue weighted by atomic mass is 10.1. The standard InChI is InChI=1S/C16H19FN4O3/c1-24-15-4-2-3-11(17)10(15)7-21-8-13(14(22)9-21)19-16(23)12-5-6-18-20-12/h2-6,13-14,22H,7-9H2,1H3,(H,18,20)(H,19,23)/t13-,14-/m1/s1. The number of β-amino-alcohol motifs (C(OH)–C–C–N with tert-alkyl or cyclic N) is 1. The van der Waals surface area contributed by atoms with Crippen molar-refractivity contribution in [2.75, 3.05) is 20.2 Å². The van der Waals surface area contributed by atoms with Crippen LogP contribution in [0.25, 0.3) is 0 Å². The summed E-state index contributed by atoms with van der Waals surface area (Å²) in [6.45, 7) is 1.05. The summed E-state index contributed by atoms with van der Waals surface area (Å²) in [6, 6.07) is 5.78. The molecule has 0 bridgehead atoms. The number of aromatic amines is 1. The zero-order chi connectivity index (χ0) is 17.1. The predicted octanol–water partition coefficient (Wildman–Crippen LogP) is 0.532. The highest BCUT2D eigenvalue weighted by Gasteiger charge is 2.33. The van der Waals surface area contributed by atoms with Crippen LogP contribution in [0.5, 0.6) is 5.75 Å². The number of nitrogens with one attached hydrogen (secondary N) is 2. The summed E-state index contributed by atoms with van der Waals surface area (Å²) >= 11 is 0. The van der Waals surface area contributed by atoms with Crippen LogP contribution in [-0.4, -0.2) is 58.5 Å². The number of aliphatic hydroxyl groups is 1. The molecule has 0 radical (unpaired) electrons. The van der Waals surface area contributed by atoms with Crippen LogP contribution in [0.1, 0.15) is 16.1 Å². The molecule has 3 N–H and O–H groups in total. The van der Waals surface area contributed by atoms with Gasteiger partial charge in [-0.1, -0.05) is 6.07 Å². The third-order valence-corrected chi connectivity index (χ3v) is 4.10. The molecule has 128 valence electrons. The molecule has 1 aromatic carbocycles. The van der Waals surface area contributed by atoms with E-state index in [4.69, 9.17) is 4.74 Å². The first-order valence-corrected chi connectivity index (χ1v) is 7.60. The third-order valence-electron chi connectivity index (χ3n) is 4.10. The van der Waals surface area contributed by atoms with Crippen molar-refractivity contribution >= 4 is 5.91 Å². The van der Waals surface area contributed by atoms with Gasteiger partial charge in [-0.05, 0) is 18.2 Å². The van der Waals surface area contributed by atoms with E-state index in [2.05, 4.69) is 15.5 Å². The number of H-pyrrole nitrogens is 1. The lowest BCUT2D eigenvalue weighted by molar-refractivity contribution is 0.0883. The highest BCUT2D eigenvalue weighted by molar-refractivity contribution is 5.92. The molecule has 0 unspecified atom stereocenters. The Hall–Kier alpha value is -2.45. The van der Waals surface area contributed by atoms with Crippen molar-refractivity contribution in [1.29, 1.82) is 0 Å². The number of nitrogens with zero attached hydrogens (tertiary/aromatic N) is 2. The number of hydrogen-bond donors (Lipinski definition) is 3. The first-order chi connectivity index (χ1) is 11.6. The van der Waals surface area contributed by atoms with E-state index in [0.717, 1.165) is 0 Å². The molecule has 1 fully saturated rings. The fraction of sp³-hybridized carbons (Fsp3) is 0.375. The largest absolute Gasteiger partial charge is 0.496 e. The van der Waals surface area contributed by atoms with Gasteiger partial charge in [0.25, 0.3) is 5.91 Å². The highest BCUT2D eigenvalue weighted by Crippen LogP contribution is 2.24. The molecule has 3 rings (SSSR count). The zero-order valence-electron chi connectivity index (χ0n) is 13.2. The van der Waals surface area contributed by atoms with Gasteiger partial charge in [0.15, 0.2) is 0 Å². The van der Waals surface area contributed by atoms with E-state index in [1.807, 2.05) is 4.90 Å². The number of likely N-dealkylation sites (tertiary alicyclic amines) is 1. The fourth-order valence-corrected chi connectivity index (χ4v) is 2.87. The SMILES string of the molecule is COc1cccc(F)c1CN1C[C@@H](O)[C@H](NC(=O)c2ccn[nH]2)C1. The molecule has 2 heterocycles. The van der Waals surface area contributed by atoms with Gasteiger partial charge in [-0.2, -0.15) is 5.10 Å². The number of amides is 1. The van der Waals surface area contributed by atoms with Crippen molar-refractivity contribution in [3.8, 4) is 5.75 Å². The summed E-state index contributed by atoms with van der Waals surface area (Å²) in [7, 11) is 1.49. The van der Waals surface area contributed by atoms with Crippen molar-refractivity contribution in [3.05, 3.63) is 47.5 Å². The van der Waals surface area contributed by atoms with Crippen LogP contribution in [0, 0.1) is 5.82 Å². The van der Waals surface area contributed by atoms with Crippen LogP contribution < -0.4 is 10.1 Å². The van der Waals surface area contributed by atoms with Crippen LogP contribution >= 0.6 is 0 Å². The molecule has 24 heavy (non-hydrogen) atoms. The molecule has 1 amide bonds. The monoisotopic (exact) mass is 334 g/mol. The summed E-state index contributed by atoms with van der Waals surface area (Å²) in [5, 5.41) is 19.2. The zero-order valence-corrected chi connectivity index (χ0v) is 13.2. The van der Waals surface area contributed by atoms with Crippen LogP contribution in [0.15, 0.2) is 30.5 Å². The summed E-state index contributed by atoms with van der Waals surface area (Å²) in [6.07, 6.45) is 0.756. The average Bonchev–Trinajstić information content (AvgIpc) is 3.20. The van der Waals surface area contributed by atoms with Gasteiger partial charge in [0, 0.05) is 31.4 Å². The topological polar surface area (TPSA) is 90.5 Å². The maximum atomic E-state index is 14.0. The Balaban J connectivity index is 1.65. The number of aliphatic hydroxyl groups excluding tert-OH is 1. The maximum Gasteiger partial charge on any atom is 0.269 e. The van der Waals surface area contributed by atoms with Gasteiger partial charge in [0.05, 0.1) is 19.3 Å². The van der Waals surface area contributed by atoms with Gasteiger partial charge >= 0.3 is 0 Å². The normalized spacial score (nSPS) is 21.0. The summed E-state index contributed by atoms with van der Waals surface area (Å²) in [5.41, 5.74) is 0.768. The van der Waals surface area contributed by atoms with Gasteiger partial charge < -0.3 is 15.2 Å². The Morgan fingerprint density at radius 3 is 3.04 bits per heavy atom. The van der Waals surface area contributed by atoms with Crippen molar-refractivity contribution < 1.29 is 19.0 Å². The number of halogens is 1. The van der Waals surface area contributed by atoms with Crippen LogP contribution in [0.3, 0.4) is 0 Å². The number of carbonyl (C=O) groups is 1. The number of carbonyl (C=O) groups excluding carboxylic acids is 1. The van der Waals surface area contributed by atoms with Gasteiger partial charge in [-0.25, -0.2) is 4.39 Å². The molecule has 1 saturated heterocycles. The molecule has 2 atom stereocenters. The van der Waals surface area contributed by atoms with Crippen LogP contribution in [-0.2, 0) is 6.54 Å². The molecule has 2 aromatic rings.